The summed E-state index contributed by atoms with van der Waals surface area (Å²) in [5.41, 5.74) is 2.03. The van der Waals surface area contributed by atoms with Gasteiger partial charge in [-0.25, -0.2) is 8.78 Å². The van der Waals surface area contributed by atoms with Gasteiger partial charge in [-0.15, -0.1) is 0 Å². The lowest BCUT2D eigenvalue weighted by molar-refractivity contribution is 0.295. The molecule has 1 aromatic carbocycles. The second-order valence-electron chi connectivity index (χ2n) is 7.12. The molecule has 6 nitrogen and oxygen atoms in total. The molecule has 0 spiro atoms. The number of hydrogen-bond acceptors (Lipinski definition) is 5. The highest BCUT2D eigenvalue weighted by Crippen LogP contribution is 2.24. The standard InChI is InChI=1S/C21H21BrF2N4O2/c1-13-6-19(30-12-14-4-5-15(23)7-18(14)24)20(22)21(29)28(13)11-17-9-25-16(8-26-17)10-27(2)3/h4-9H,10-12H2,1-3H3. The van der Waals surface area contributed by atoms with Crippen molar-refractivity contribution in [3.63, 3.8) is 0 Å². The molecular formula is C21H21BrF2N4O2. The highest BCUT2D eigenvalue weighted by atomic mass is 79.9. The summed E-state index contributed by atoms with van der Waals surface area (Å²) in [6, 6.07) is 4.94. The fraction of sp³-hybridized carbons (Fsp3) is 0.286. The van der Waals surface area contributed by atoms with Crippen LogP contribution >= 0.6 is 15.9 Å². The predicted molar refractivity (Wildman–Crippen MR) is 112 cm³/mol. The van der Waals surface area contributed by atoms with Gasteiger partial charge in [-0.2, -0.15) is 0 Å². The van der Waals surface area contributed by atoms with E-state index in [1.54, 1.807) is 30.0 Å². The van der Waals surface area contributed by atoms with E-state index in [2.05, 4.69) is 25.9 Å². The molecule has 0 radical (unpaired) electrons. The number of aromatic nitrogens is 3. The van der Waals surface area contributed by atoms with Crippen molar-refractivity contribution in [2.24, 2.45) is 0 Å². The molecular weight excluding hydrogens is 458 g/mol. The Balaban J connectivity index is 1.78. The molecule has 0 N–H and O–H groups in total. The van der Waals surface area contributed by atoms with Crippen molar-refractivity contribution in [2.75, 3.05) is 14.1 Å². The normalized spacial score (nSPS) is 11.2. The lowest BCUT2D eigenvalue weighted by Crippen LogP contribution is -2.24. The summed E-state index contributed by atoms with van der Waals surface area (Å²) in [5, 5.41) is 0. The Labute approximate surface area is 181 Å². The summed E-state index contributed by atoms with van der Waals surface area (Å²) in [6.07, 6.45) is 3.35. The zero-order chi connectivity index (χ0) is 21.8. The number of halogens is 3. The SMILES string of the molecule is Cc1cc(OCc2ccc(F)cc2F)c(Br)c(=O)n1Cc1cnc(CN(C)C)cn1. The van der Waals surface area contributed by atoms with Crippen LogP contribution in [0.5, 0.6) is 5.75 Å². The van der Waals surface area contributed by atoms with Crippen LogP contribution in [-0.2, 0) is 19.7 Å². The van der Waals surface area contributed by atoms with Crippen molar-refractivity contribution in [3.05, 3.63) is 85.8 Å². The Morgan fingerprint density at radius 1 is 1.13 bits per heavy atom. The number of benzene rings is 1. The van der Waals surface area contributed by atoms with E-state index in [0.717, 1.165) is 17.8 Å². The van der Waals surface area contributed by atoms with Crippen molar-refractivity contribution in [1.82, 2.24) is 19.4 Å². The molecule has 0 amide bonds. The van der Waals surface area contributed by atoms with Gasteiger partial charge >= 0.3 is 0 Å². The highest BCUT2D eigenvalue weighted by Gasteiger charge is 2.14. The van der Waals surface area contributed by atoms with Gasteiger partial charge in [-0.1, -0.05) is 0 Å². The molecule has 0 saturated heterocycles. The molecule has 158 valence electrons. The molecule has 3 aromatic rings. The first-order valence-corrected chi connectivity index (χ1v) is 9.95. The second-order valence-corrected chi connectivity index (χ2v) is 7.91. The van der Waals surface area contributed by atoms with E-state index >= 15 is 0 Å². The maximum absolute atomic E-state index is 13.8. The topological polar surface area (TPSA) is 60.3 Å². The Kier molecular flexibility index (Phi) is 6.94. The van der Waals surface area contributed by atoms with E-state index in [0.29, 0.717) is 17.9 Å². The molecule has 0 aliphatic carbocycles. The third kappa shape index (κ3) is 5.28. The molecule has 0 bridgehead atoms. The van der Waals surface area contributed by atoms with Crippen molar-refractivity contribution in [1.29, 1.82) is 0 Å². The van der Waals surface area contributed by atoms with E-state index in [-0.39, 0.29) is 34.5 Å². The Morgan fingerprint density at radius 3 is 2.47 bits per heavy atom. The summed E-state index contributed by atoms with van der Waals surface area (Å²) in [5.74, 6) is -1.08. The van der Waals surface area contributed by atoms with E-state index in [1.165, 1.54) is 6.07 Å². The lowest BCUT2D eigenvalue weighted by Gasteiger charge is -2.15. The van der Waals surface area contributed by atoms with Crippen LogP contribution in [-0.4, -0.2) is 33.5 Å². The first-order valence-electron chi connectivity index (χ1n) is 9.15. The predicted octanol–water partition coefficient (Wildman–Crippen LogP) is 3.68. The summed E-state index contributed by atoms with van der Waals surface area (Å²) >= 11 is 3.27. The fourth-order valence-electron chi connectivity index (χ4n) is 2.84. The van der Waals surface area contributed by atoms with Crippen LogP contribution in [0.1, 0.15) is 22.6 Å². The first-order chi connectivity index (χ1) is 14.2. The number of ether oxygens (including phenoxy) is 1. The zero-order valence-electron chi connectivity index (χ0n) is 16.8. The molecule has 0 atom stereocenters. The molecule has 0 unspecified atom stereocenters. The monoisotopic (exact) mass is 478 g/mol. The Hall–Kier alpha value is -2.65. The molecule has 0 aliphatic heterocycles. The van der Waals surface area contributed by atoms with Crippen LogP contribution in [0.25, 0.3) is 0 Å². The summed E-state index contributed by atoms with van der Waals surface area (Å²) in [7, 11) is 3.90. The number of rotatable bonds is 7. The van der Waals surface area contributed by atoms with Crippen molar-refractivity contribution < 1.29 is 13.5 Å². The minimum absolute atomic E-state index is 0.133. The number of nitrogens with zero attached hydrogens (tertiary/aromatic N) is 4. The highest BCUT2D eigenvalue weighted by molar-refractivity contribution is 9.10. The van der Waals surface area contributed by atoms with Crippen molar-refractivity contribution in [3.8, 4) is 5.75 Å². The van der Waals surface area contributed by atoms with E-state index in [4.69, 9.17) is 4.74 Å². The van der Waals surface area contributed by atoms with Gasteiger partial charge in [0.05, 0.1) is 30.3 Å². The average molecular weight is 479 g/mol. The minimum Gasteiger partial charge on any atom is -0.487 e. The van der Waals surface area contributed by atoms with Crippen molar-refractivity contribution in [2.45, 2.75) is 26.6 Å². The molecule has 2 heterocycles. The third-order valence-electron chi connectivity index (χ3n) is 4.37. The Bertz CT molecular complexity index is 1100. The largest absolute Gasteiger partial charge is 0.487 e. The van der Waals surface area contributed by atoms with Crippen LogP contribution in [0.3, 0.4) is 0 Å². The van der Waals surface area contributed by atoms with E-state index in [9.17, 15) is 13.6 Å². The smallest absolute Gasteiger partial charge is 0.269 e. The summed E-state index contributed by atoms with van der Waals surface area (Å²) in [4.78, 5) is 23.6. The van der Waals surface area contributed by atoms with Crippen LogP contribution < -0.4 is 10.3 Å². The van der Waals surface area contributed by atoms with Crippen LogP contribution in [0.15, 0.2) is 45.9 Å². The lowest BCUT2D eigenvalue weighted by atomic mass is 10.2. The van der Waals surface area contributed by atoms with Gasteiger partial charge < -0.3 is 14.2 Å². The molecule has 2 aromatic heterocycles. The van der Waals surface area contributed by atoms with Gasteiger partial charge in [0.2, 0.25) is 0 Å². The van der Waals surface area contributed by atoms with Gasteiger partial charge in [0.25, 0.3) is 5.56 Å². The van der Waals surface area contributed by atoms with E-state index in [1.807, 2.05) is 19.0 Å². The summed E-state index contributed by atoms with van der Waals surface area (Å²) in [6.45, 7) is 2.57. The van der Waals surface area contributed by atoms with Crippen LogP contribution in [0, 0.1) is 18.6 Å². The molecule has 30 heavy (non-hydrogen) atoms. The number of hydrogen-bond donors (Lipinski definition) is 0. The molecule has 0 fully saturated rings. The van der Waals surface area contributed by atoms with Crippen LogP contribution in [0.4, 0.5) is 8.78 Å². The quantitative estimate of drug-likeness (QED) is 0.518. The maximum atomic E-state index is 13.8. The second kappa shape index (κ2) is 9.44. The van der Waals surface area contributed by atoms with Gasteiger partial charge in [0.15, 0.2) is 0 Å². The van der Waals surface area contributed by atoms with Gasteiger partial charge in [-0.05, 0) is 49.1 Å². The molecule has 9 heteroatoms. The van der Waals surface area contributed by atoms with Gasteiger partial charge in [0, 0.05) is 29.9 Å². The molecule has 3 rings (SSSR count). The Morgan fingerprint density at radius 2 is 1.83 bits per heavy atom. The number of pyridine rings is 1. The minimum atomic E-state index is -0.701. The first kappa shape index (κ1) is 22.0. The summed E-state index contributed by atoms with van der Waals surface area (Å²) < 4.78 is 34.2. The van der Waals surface area contributed by atoms with E-state index < -0.39 is 11.6 Å². The molecule has 0 saturated carbocycles. The fourth-order valence-corrected chi connectivity index (χ4v) is 3.28. The van der Waals surface area contributed by atoms with Crippen LogP contribution in [0.2, 0.25) is 0 Å². The van der Waals surface area contributed by atoms with Gasteiger partial charge in [0.1, 0.15) is 28.5 Å². The maximum Gasteiger partial charge on any atom is 0.269 e. The van der Waals surface area contributed by atoms with Gasteiger partial charge in [-0.3, -0.25) is 14.8 Å². The zero-order valence-corrected chi connectivity index (χ0v) is 18.4. The molecule has 0 aliphatic rings. The average Bonchev–Trinajstić information content (AvgIpc) is 2.69. The number of aryl methyl sites for hydroxylation is 1. The van der Waals surface area contributed by atoms with Crippen molar-refractivity contribution >= 4 is 15.9 Å². The third-order valence-corrected chi connectivity index (χ3v) is 5.10.